The van der Waals surface area contributed by atoms with E-state index in [0.29, 0.717) is 28.7 Å². The molecule has 8 nitrogen and oxygen atoms in total. The quantitative estimate of drug-likeness (QED) is 0.359. The van der Waals surface area contributed by atoms with E-state index in [-0.39, 0.29) is 24.3 Å². The number of nitrogens with two attached hydrogens (primary N) is 1. The molecule has 0 aliphatic carbocycles. The van der Waals surface area contributed by atoms with Crippen LogP contribution in [0.25, 0.3) is 22.4 Å². The molecule has 1 unspecified atom stereocenters. The molecule has 1 amide bonds. The lowest BCUT2D eigenvalue weighted by Gasteiger charge is -2.21. The van der Waals surface area contributed by atoms with E-state index in [1.165, 1.54) is 18.6 Å². The lowest BCUT2D eigenvalue weighted by Crippen LogP contribution is -2.34. The minimum atomic E-state index is -0.309. The molecular formula is C25H30ClN3O5S. The number of benzene rings is 2. The Hall–Kier alpha value is -3.01. The summed E-state index contributed by atoms with van der Waals surface area (Å²) < 4.78 is 27.6. The highest BCUT2D eigenvalue weighted by molar-refractivity contribution is 7.04. The summed E-state index contributed by atoms with van der Waals surface area (Å²) in [5.74, 6) is 1.85. The molecule has 0 bridgehead atoms. The molecule has 1 aromatic heterocycles. The first-order chi connectivity index (χ1) is 16.7. The van der Waals surface area contributed by atoms with Crippen molar-refractivity contribution in [3.05, 3.63) is 35.7 Å². The molecule has 0 aliphatic rings. The summed E-state index contributed by atoms with van der Waals surface area (Å²) in [7, 11) is 6.22. The smallest absolute Gasteiger partial charge is 0.243 e. The molecular weight excluding hydrogens is 490 g/mol. The fourth-order valence-electron chi connectivity index (χ4n) is 3.53. The van der Waals surface area contributed by atoms with E-state index >= 15 is 0 Å². The third-order valence-electron chi connectivity index (χ3n) is 5.69. The standard InChI is InChI=1S/C25H30ClN3O5S/c1-14(2)18(27)12-23(30)29(26)19-9-15(7-8-20(19)31-3)17-13-35-28-24(17)16-10-21(32-4)25(34-6)22(11-16)33-5/h7-11,13-14,18H,12,27H2,1-6H3. The van der Waals surface area contributed by atoms with Crippen LogP contribution in [-0.4, -0.2) is 44.8 Å². The van der Waals surface area contributed by atoms with Crippen molar-refractivity contribution < 1.29 is 23.7 Å². The second-order valence-electron chi connectivity index (χ2n) is 8.16. The fraction of sp³-hybridized carbons (Fsp3) is 0.360. The molecule has 1 heterocycles. The highest BCUT2D eigenvalue weighted by atomic mass is 35.5. The Morgan fingerprint density at radius 2 is 1.63 bits per heavy atom. The first kappa shape index (κ1) is 26.6. The van der Waals surface area contributed by atoms with E-state index in [1.807, 2.05) is 37.4 Å². The number of anilines is 1. The summed E-state index contributed by atoms with van der Waals surface area (Å²) >= 11 is 7.79. The maximum atomic E-state index is 12.8. The van der Waals surface area contributed by atoms with Crippen molar-refractivity contribution >= 4 is 34.9 Å². The van der Waals surface area contributed by atoms with Crippen molar-refractivity contribution in [3.63, 3.8) is 0 Å². The number of carbonyl (C=O) groups is 1. The molecule has 0 fully saturated rings. The van der Waals surface area contributed by atoms with Crippen molar-refractivity contribution in [3.8, 4) is 45.4 Å². The lowest BCUT2D eigenvalue weighted by atomic mass is 10.00. The van der Waals surface area contributed by atoms with Gasteiger partial charge in [0.15, 0.2) is 11.5 Å². The molecule has 1 atom stereocenters. The molecule has 0 radical (unpaired) electrons. The number of ether oxygens (including phenoxy) is 4. The van der Waals surface area contributed by atoms with E-state index in [9.17, 15) is 4.79 Å². The number of nitrogens with zero attached hydrogens (tertiary/aromatic N) is 2. The SMILES string of the molecule is COc1ccc(-c2csnc2-c2cc(OC)c(OC)c(OC)c2)cc1N(Cl)C(=O)CC(N)C(C)C. The number of hydrogen-bond donors (Lipinski definition) is 1. The van der Waals surface area contributed by atoms with Gasteiger partial charge in [-0.05, 0) is 47.3 Å². The van der Waals surface area contributed by atoms with E-state index in [1.54, 1.807) is 33.5 Å². The third kappa shape index (κ3) is 5.63. The highest BCUT2D eigenvalue weighted by Crippen LogP contribution is 2.44. The lowest BCUT2D eigenvalue weighted by molar-refractivity contribution is -0.118. The van der Waals surface area contributed by atoms with Gasteiger partial charge in [-0.3, -0.25) is 4.79 Å². The topological polar surface area (TPSA) is 96.1 Å². The Labute approximate surface area is 214 Å². The van der Waals surface area contributed by atoms with Crippen molar-refractivity contribution in [2.45, 2.75) is 26.3 Å². The van der Waals surface area contributed by atoms with E-state index in [4.69, 9.17) is 36.5 Å². The largest absolute Gasteiger partial charge is 0.495 e. The molecule has 0 spiro atoms. The van der Waals surface area contributed by atoms with Crippen molar-refractivity contribution in [2.24, 2.45) is 11.7 Å². The van der Waals surface area contributed by atoms with Gasteiger partial charge in [0, 0.05) is 40.7 Å². The van der Waals surface area contributed by atoms with Crippen LogP contribution in [0.3, 0.4) is 0 Å². The molecule has 0 saturated carbocycles. The number of amides is 1. The van der Waals surface area contributed by atoms with E-state index < -0.39 is 0 Å². The Kier molecular flexibility index (Phi) is 8.82. The molecule has 35 heavy (non-hydrogen) atoms. The normalized spacial score (nSPS) is 11.8. The number of aromatic nitrogens is 1. The predicted molar refractivity (Wildman–Crippen MR) is 140 cm³/mol. The predicted octanol–water partition coefficient (Wildman–Crippen LogP) is 5.37. The average Bonchev–Trinajstić information content (AvgIpc) is 3.36. The van der Waals surface area contributed by atoms with Crippen LogP contribution in [-0.2, 0) is 4.79 Å². The average molecular weight is 520 g/mol. The molecule has 3 rings (SSSR count). The van der Waals surface area contributed by atoms with E-state index in [0.717, 1.165) is 26.8 Å². The van der Waals surface area contributed by atoms with Crippen molar-refractivity contribution in [2.75, 3.05) is 32.9 Å². The molecule has 0 saturated heterocycles. The highest BCUT2D eigenvalue weighted by Gasteiger charge is 2.24. The second kappa shape index (κ2) is 11.6. The fourth-order valence-corrected chi connectivity index (χ4v) is 4.45. The Balaban J connectivity index is 2.05. The van der Waals surface area contributed by atoms with Crippen LogP contribution in [0.5, 0.6) is 23.0 Å². The zero-order chi connectivity index (χ0) is 25.7. The van der Waals surface area contributed by atoms with Gasteiger partial charge in [-0.1, -0.05) is 19.9 Å². The van der Waals surface area contributed by atoms with Crippen LogP contribution >= 0.6 is 23.3 Å². The molecule has 188 valence electrons. The maximum Gasteiger partial charge on any atom is 0.243 e. The Morgan fingerprint density at radius 3 is 2.17 bits per heavy atom. The van der Waals surface area contributed by atoms with Gasteiger partial charge >= 0.3 is 0 Å². The first-order valence-corrected chi connectivity index (χ1v) is 12.1. The molecule has 0 aliphatic heterocycles. The van der Waals surface area contributed by atoms with Gasteiger partial charge in [-0.25, -0.2) is 4.42 Å². The minimum absolute atomic E-state index is 0.116. The van der Waals surface area contributed by atoms with Crippen molar-refractivity contribution in [1.29, 1.82) is 0 Å². The van der Waals surface area contributed by atoms with Crippen molar-refractivity contribution in [1.82, 2.24) is 4.37 Å². The number of rotatable bonds is 10. The van der Waals surface area contributed by atoms with Gasteiger partial charge in [0.2, 0.25) is 11.7 Å². The minimum Gasteiger partial charge on any atom is -0.495 e. The zero-order valence-electron chi connectivity index (χ0n) is 20.6. The molecule has 2 aromatic carbocycles. The second-order valence-corrected chi connectivity index (χ2v) is 9.13. The van der Waals surface area contributed by atoms with Crippen LogP contribution in [0.1, 0.15) is 20.3 Å². The van der Waals surface area contributed by atoms with Crippen LogP contribution in [0, 0.1) is 5.92 Å². The van der Waals surface area contributed by atoms with E-state index in [2.05, 4.69) is 4.37 Å². The monoisotopic (exact) mass is 519 g/mol. The number of carbonyl (C=O) groups excluding carboxylic acids is 1. The van der Waals surface area contributed by atoms with Gasteiger partial charge < -0.3 is 24.7 Å². The summed E-state index contributed by atoms with van der Waals surface area (Å²) in [6.45, 7) is 3.93. The zero-order valence-corrected chi connectivity index (χ0v) is 22.2. The van der Waals surface area contributed by atoms with Crippen LogP contribution in [0.2, 0.25) is 0 Å². The number of halogens is 1. The molecule has 3 aromatic rings. The maximum absolute atomic E-state index is 12.8. The summed E-state index contributed by atoms with van der Waals surface area (Å²) in [6, 6.07) is 8.85. The summed E-state index contributed by atoms with van der Waals surface area (Å²) in [6.07, 6.45) is 0.116. The summed E-state index contributed by atoms with van der Waals surface area (Å²) in [5.41, 5.74) is 9.69. The molecule has 2 N–H and O–H groups in total. The van der Waals surface area contributed by atoms with Gasteiger partial charge in [0.1, 0.15) is 11.4 Å². The van der Waals surface area contributed by atoms with Crippen LogP contribution in [0.4, 0.5) is 5.69 Å². The first-order valence-electron chi connectivity index (χ1n) is 10.9. The number of hydrogen-bond acceptors (Lipinski definition) is 8. The summed E-state index contributed by atoms with van der Waals surface area (Å²) in [5, 5.41) is 1.93. The third-order valence-corrected chi connectivity index (χ3v) is 6.69. The van der Waals surface area contributed by atoms with Crippen LogP contribution < -0.4 is 29.1 Å². The van der Waals surface area contributed by atoms with Gasteiger partial charge in [-0.15, -0.1) is 0 Å². The van der Waals surface area contributed by atoms with Gasteiger partial charge in [0.25, 0.3) is 0 Å². The van der Waals surface area contributed by atoms with Gasteiger partial charge in [-0.2, -0.15) is 4.37 Å². The number of methoxy groups -OCH3 is 4. The molecule has 10 heteroatoms. The van der Waals surface area contributed by atoms with Crippen LogP contribution in [0.15, 0.2) is 35.7 Å². The summed E-state index contributed by atoms with van der Waals surface area (Å²) in [4.78, 5) is 12.8. The van der Waals surface area contributed by atoms with Gasteiger partial charge in [0.05, 0.1) is 34.1 Å². The Morgan fingerprint density at radius 1 is 1.00 bits per heavy atom. The Bertz CT molecular complexity index is 1160.